The van der Waals surface area contributed by atoms with Crippen LogP contribution >= 0.6 is 11.6 Å². The van der Waals surface area contributed by atoms with E-state index in [1.54, 1.807) is 30.3 Å². The lowest BCUT2D eigenvalue weighted by Crippen LogP contribution is -2.53. The minimum atomic E-state index is -1.09. The van der Waals surface area contributed by atoms with Gasteiger partial charge in [-0.1, -0.05) is 66.2 Å². The molecule has 226 valence electrons. The number of benzene rings is 3. The Hall–Kier alpha value is -4.83. The fourth-order valence-electron chi connectivity index (χ4n) is 5.72. The molecule has 3 aromatic carbocycles. The van der Waals surface area contributed by atoms with Crippen molar-refractivity contribution >= 4 is 46.0 Å². The van der Waals surface area contributed by atoms with Crippen LogP contribution in [0.3, 0.4) is 0 Å². The standard InChI is InChI=1S/C33H33ClN6O4/c1-21-13-16-39(27(32(35)43)18-23-9-4-8-22-7-2-3-12-26(22)23)33(44)31(24-10-5-11-25(34)17-24)40(21)30(42)20-38-29(41)19-28-36-14-6-15-37-28/h2-12,14-15,17,21,27,31H,13,16,18-20H2,1H3,(H2,35,43)(H,38,41). The van der Waals surface area contributed by atoms with Crippen LogP contribution in [0.15, 0.2) is 85.2 Å². The Morgan fingerprint density at radius 2 is 1.75 bits per heavy atom. The Kier molecular flexibility index (Phi) is 9.50. The maximum absolute atomic E-state index is 14.5. The van der Waals surface area contributed by atoms with Crippen molar-refractivity contribution in [2.45, 2.75) is 44.3 Å². The molecule has 1 aliphatic rings. The Balaban J connectivity index is 1.44. The molecular formula is C33H33ClN6O4. The van der Waals surface area contributed by atoms with E-state index in [9.17, 15) is 19.2 Å². The summed E-state index contributed by atoms with van der Waals surface area (Å²) in [5.74, 6) is -1.64. The third kappa shape index (κ3) is 6.86. The SMILES string of the molecule is CC1CCN(C(Cc2cccc3ccccc23)C(N)=O)C(=O)C(c2cccc(Cl)c2)N1C(=O)CNC(=O)Cc1ncccn1. The molecule has 0 radical (unpaired) electrons. The zero-order valence-corrected chi connectivity index (χ0v) is 25.0. The molecule has 1 saturated heterocycles. The highest BCUT2D eigenvalue weighted by Crippen LogP contribution is 2.33. The van der Waals surface area contributed by atoms with Crippen LogP contribution < -0.4 is 11.1 Å². The largest absolute Gasteiger partial charge is 0.368 e. The lowest BCUT2D eigenvalue weighted by atomic mass is 9.96. The zero-order valence-electron chi connectivity index (χ0n) is 24.2. The van der Waals surface area contributed by atoms with Gasteiger partial charge in [0.1, 0.15) is 17.9 Å². The fourth-order valence-corrected chi connectivity index (χ4v) is 5.92. The second kappa shape index (κ2) is 13.6. The number of hydrogen-bond acceptors (Lipinski definition) is 6. The minimum absolute atomic E-state index is 0.0947. The molecule has 4 amide bonds. The van der Waals surface area contributed by atoms with Crippen molar-refractivity contribution in [2.24, 2.45) is 5.73 Å². The number of rotatable bonds is 9. The van der Waals surface area contributed by atoms with Gasteiger partial charge in [-0.15, -0.1) is 0 Å². The predicted molar refractivity (Wildman–Crippen MR) is 166 cm³/mol. The van der Waals surface area contributed by atoms with Gasteiger partial charge in [-0.3, -0.25) is 19.2 Å². The monoisotopic (exact) mass is 612 g/mol. The van der Waals surface area contributed by atoms with Crippen molar-refractivity contribution in [2.75, 3.05) is 13.1 Å². The molecular weight excluding hydrogens is 580 g/mol. The molecule has 0 aliphatic carbocycles. The quantitative estimate of drug-likeness (QED) is 0.298. The Bertz CT molecular complexity index is 1680. The van der Waals surface area contributed by atoms with Gasteiger partial charge in [-0.25, -0.2) is 9.97 Å². The summed E-state index contributed by atoms with van der Waals surface area (Å²) in [5.41, 5.74) is 7.34. The summed E-state index contributed by atoms with van der Waals surface area (Å²) in [5, 5.41) is 5.01. The number of amides is 4. The Morgan fingerprint density at radius 1 is 1.02 bits per heavy atom. The van der Waals surface area contributed by atoms with Crippen LogP contribution in [0, 0.1) is 0 Å². The van der Waals surface area contributed by atoms with E-state index in [1.807, 2.05) is 49.4 Å². The van der Waals surface area contributed by atoms with E-state index >= 15 is 0 Å². The lowest BCUT2D eigenvalue weighted by Gasteiger charge is -2.36. The van der Waals surface area contributed by atoms with Gasteiger partial charge in [0, 0.05) is 36.4 Å². The van der Waals surface area contributed by atoms with Crippen LogP contribution in [-0.2, 0) is 32.0 Å². The molecule has 0 saturated carbocycles. The Labute approximate surface area is 260 Å². The highest BCUT2D eigenvalue weighted by atomic mass is 35.5. The van der Waals surface area contributed by atoms with Crippen LogP contribution in [0.4, 0.5) is 0 Å². The average molecular weight is 613 g/mol. The van der Waals surface area contributed by atoms with Gasteiger partial charge in [0.15, 0.2) is 0 Å². The fraction of sp³-hybridized carbons (Fsp3) is 0.273. The minimum Gasteiger partial charge on any atom is -0.368 e. The summed E-state index contributed by atoms with van der Waals surface area (Å²) < 4.78 is 0. The number of nitrogens with one attached hydrogen (secondary N) is 1. The van der Waals surface area contributed by atoms with Crippen molar-refractivity contribution in [1.29, 1.82) is 0 Å². The number of carbonyl (C=O) groups is 4. The summed E-state index contributed by atoms with van der Waals surface area (Å²) in [7, 11) is 0. The summed E-state index contributed by atoms with van der Waals surface area (Å²) in [6.07, 6.45) is 3.57. The summed E-state index contributed by atoms with van der Waals surface area (Å²) >= 11 is 6.34. The van der Waals surface area contributed by atoms with Gasteiger partial charge in [0.2, 0.25) is 17.7 Å². The Morgan fingerprint density at radius 3 is 2.50 bits per heavy atom. The molecule has 1 aliphatic heterocycles. The summed E-state index contributed by atoms with van der Waals surface area (Å²) in [4.78, 5) is 64.9. The van der Waals surface area contributed by atoms with Gasteiger partial charge in [-0.2, -0.15) is 0 Å². The maximum Gasteiger partial charge on any atom is 0.250 e. The second-order valence-corrected chi connectivity index (χ2v) is 11.2. The maximum atomic E-state index is 14.5. The molecule has 44 heavy (non-hydrogen) atoms. The van der Waals surface area contributed by atoms with E-state index in [4.69, 9.17) is 17.3 Å². The molecule has 3 N–H and O–H groups in total. The second-order valence-electron chi connectivity index (χ2n) is 10.8. The number of nitrogens with zero attached hydrogens (tertiary/aromatic N) is 4. The first-order valence-corrected chi connectivity index (χ1v) is 14.8. The first-order chi connectivity index (χ1) is 21.2. The van der Waals surface area contributed by atoms with Crippen molar-refractivity contribution in [3.05, 3.63) is 107 Å². The van der Waals surface area contributed by atoms with Crippen LogP contribution in [0.5, 0.6) is 0 Å². The molecule has 5 rings (SSSR count). The van der Waals surface area contributed by atoms with Crippen molar-refractivity contribution in [1.82, 2.24) is 25.1 Å². The molecule has 3 unspecified atom stereocenters. The molecule has 11 heteroatoms. The molecule has 1 fully saturated rings. The predicted octanol–water partition coefficient (Wildman–Crippen LogP) is 3.23. The van der Waals surface area contributed by atoms with Gasteiger partial charge in [0.05, 0.1) is 13.0 Å². The van der Waals surface area contributed by atoms with Gasteiger partial charge < -0.3 is 20.9 Å². The average Bonchev–Trinajstić information content (AvgIpc) is 3.14. The first kappa shape index (κ1) is 30.6. The van der Waals surface area contributed by atoms with Crippen molar-refractivity contribution in [3.8, 4) is 0 Å². The summed E-state index contributed by atoms with van der Waals surface area (Å²) in [6.45, 7) is 1.71. The van der Waals surface area contributed by atoms with E-state index in [0.717, 1.165) is 16.3 Å². The topological polar surface area (TPSA) is 139 Å². The van der Waals surface area contributed by atoms with Crippen molar-refractivity contribution in [3.63, 3.8) is 0 Å². The third-order valence-electron chi connectivity index (χ3n) is 7.88. The molecule has 3 atom stereocenters. The number of nitrogens with two attached hydrogens (primary N) is 1. The van der Waals surface area contributed by atoms with Gasteiger partial charge >= 0.3 is 0 Å². The molecule has 10 nitrogen and oxygen atoms in total. The first-order valence-electron chi connectivity index (χ1n) is 14.4. The normalized spacial score (nSPS) is 17.6. The molecule has 2 heterocycles. The molecule has 4 aromatic rings. The number of primary amides is 1. The number of halogens is 1. The highest BCUT2D eigenvalue weighted by Gasteiger charge is 2.43. The smallest absolute Gasteiger partial charge is 0.250 e. The van der Waals surface area contributed by atoms with E-state index in [0.29, 0.717) is 22.8 Å². The molecule has 1 aromatic heterocycles. The van der Waals surface area contributed by atoms with E-state index in [-0.39, 0.29) is 25.9 Å². The van der Waals surface area contributed by atoms with Gasteiger partial charge in [-0.05, 0) is 53.4 Å². The van der Waals surface area contributed by atoms with E-state index in [1.165, 1.54) is 22.2 Å². The van der Waals surface area contributed by atoms with Crippen LogP contribution in [0.2, 0.25) is 5.02 Å². The number of aromatic nitrogens is 2. The third-order valence-corrected chi connectivity index (χ3v) is 8.12. The number of carbonyl (C=O) groups excluding carboxylic acids is 4. The highest BCUT2D eigenvalue weighted by molar-refractivity contribution is 6.30. The zero-order chi connectivity index (χ0) is 31.2. The van der Waals surface area contributed by atoms with E-state index < -0.39 is 41.8 Å². The molecule has 0 spiro atoms. The van der Waals surface area contributed by atoms with Gasteiger partial charge in [0.25, 0.3) is 5.91 Å². The van der Waals surface area contributed by atoms with Crippen molar-refractivity contribution < 1.29 is 19.2 Å². The van der Waals surface area contributed by atoms with Crippen LogP contribution in [0.25, 0.3) is 10.8 Å². The molecule has 0 bridgehead atoms. The lowest BCUT2D eigenvalue weighted by molar-refractivity contribution is -0.148. The van der Waals surface area contributed by atoms with E-state index in [2.05, 4.69) is 15.3 Å². The number of hydrogen-bond donors (Lipinski definition) is 2. The van der Waals surface area contributed by atoms with Crippen LogP contribution in [0.1, 0.15) is 36.3 Å². The number of fused-ring (bicyclic) bond motifs is 1. The summed E-state index contributed by atoms with van der Waals surface area (Å²) in [6, 6.07) is 19.6. The van der Waals surface area contributed by atoms with Crippen LogP contribution in [-0.4, -0.2) is 68.6 Å².